The number of hydrogen-bond acceptors (Lipinski definition) is 4. The predicted octanol–water partition coefficient (Wildman–Crippen LogP) is 2.21. The van der Waals surface area contributed by atoms with Gasteiger partial charge in [-0.3, -0.25) is 9.59 Å². The number of carbonyl (C=O) groups is 2. The summed E-state index contributed by atoms with van der Waals surface area (Å²) in [4.78, 5) is 27.7. The van der Waals surface area contributed by atoms with E-state index < -0.39 is 0 Å². The summed E-state index contributed by atoms with van der Waals surface area (Å²) in [5.41, 5.74) is 1.14. The fourth-order valence-electron chi connectivity index (χ4n) is 2.35. The molecule has 0 aliphatic carbocycles. The summed E-state index contributed by atoms with van der Waals surface area (Å²) in [5.74, 6) is -0.408. The van der Waals surface area contributed by atoms with E-state index in [1.165, 1.54) is 11.3 Å². The topological polar surface area (TPSA) is 61.4 Å². The summed E-state index contributed by atoms with van der Waals surface area (Å²) in [7, 11) is 3.95. The smallest absolute Gasteiger partial charge is 0.261 e. The van der Waals surface area contributed by atoms with Crippen LogP contribution in [0, 0.1) is 6.92 Å². The van der Waals surface area contributed by atoms with Crippen LogP contribution >= 0.6 is 11.3 Å². The molecule has 1 heterocycles. The molecule has 2 aromatic rings. The standard InChI is InChI=1S/C18H23N3O2S/c1-13-9-10-16(24-13)18(23)20-12-17(22)19-11-15(21(2)3)14-7-5-4-6-8-14/h4-10,15H,11-12H2,1-3H3,(H,19,22)(H,20,23)/t15-/m0/s1. The fourth-order valence-corrected chi connectivity index (χ4v) is 3.13. The van der Waals surface area contributed by atoms with E-state index in [0.717, 1.165) is 10.4 Å². The van der Waals surface area contributed by atoms with Crippen LogP contribution in [0.15, 0.2) is 42.5 Å². The molecule has 128 valence electrons. The van der Waals surface area contributed by atoms with Crippen molar-refractivity contribution in [2.45, 2.75) is 13.0 Å². The average Bonchev–Trinajstić information content (AvgIpc) is 3.00. The number of hydrogen-bond donors (Lipinski definition) is 2. The minimum absolute atomic E-state index is 0.0231. The number of nitrogens with zero attached hydrogens (tertiary/aromatic N) is 1. The van der Waals surface area contributed by atoms with E-state index >= 15 is 0 Å². The van der Waals surface area contributed by atoms with E-state index in [1.807, 2.05) is 57.4 Å². The molecule has 0 fully saturated rings. The Morgan fingerprint density at radius 3 is 2.38 bits per heavy atom. The van der Waals surface area contributed by atoms with Crippen molar-refractivity contribution in [3.8, 4) is 0 Å². The minimum Gasteiger partial charge on any atom is -0.353 e. The second-order valence-corrected chi connectivity index (χ2v) is 7.08. The minimum atomic E-state index is -0.213. The zero-order valence-corrected chi connectivity index (χ0v) is 15.0. The molecule has 0 bridgehead atoms. The van der Waals surface area contributed by atoms with Crippen LogP contribution in [0.2, 0.25) is 0 Å². The van der Waals surface area contributed by atoms with Gasteiger partial charge in [0.25, 0.3) is 5.91 Å². The first-order valence-electron chi connectivity index (χ1n) is 7.80. The summed E-state index contributed by atoms with van der Waals surface area (Å²) < 4.78 is 0. The Morgan fingerprint density at radius 1 is 1.08 bits per heavy atom. The Hall–Kier alpha value is -2.18. The van der Waals surface area contributed by atoms with Crippen molar-refractivity contribution in [2.24, 2.45) is 0 Å². The zero-order chi connectivity index (χ0) is 17.5. The van der Waals surface area contributed by atoms with Gasteiger partial charge in [-0.15, -0.1) is 11.3 Å². The number of likely N-dealkylation sites (N-methyl/N-ethyl adjacent to an activating group) is 1. The van der Waals surface area contributed by atoms with Crippen LogP contribution in [0.3, 0.4) is 0 Å². The van der Waals surface area contributed by atoms with E-state index in [2.05, 4.69) is 15.5 Å². The number of aryl methyl sites for hydroxylation is 1. The SMILES string of the molecule is Cc1ccc(C(=O)NCC(=O)NC[C@@H](c2ccccc2)N(C)C)s1. The van der Waals surface area contributed by atoms with E-state index in [0.29, 0.717) is 11.4 Å². The first-order valence-corrected chi connectivity index (χ1v) is 8.61. The second-order valence-electron chi connectivity index (χ2n) is 5.79. The molecule has 1 aromatic heterocycles. The van der Waals surface area contributed by atoms with Gasteiger partial charge in [-0.1, -0.05) is 30.3 Å². The molecular weight excluding hydrogens is 322 g/mol. The zero-order valence-electron chi connectivity index (χ0n) is 14.2. The van der Waals surface area contributed by atoms with Crippen molar-refractivity contribution < 1.29 is 9.59 Å². The molecule has 6 heteroatoms. The highest BCUT2D eigenvalue weighted by molar-refractivity contribution is 7.13. The van der Waals surface area contributed by atoms with Gasteiger partial charge in [0.2, 0.25) is 5.91 Å². The average molecular weight is 345 g/mol. The van der Waals surface area contributed by atoms with E-state index in [4.69, 9.17) is 0 Å². The Kier molecular flexibility index (Phi) is 6.52. The summed E-state index contributed by atoms with van der Waals surface area (Å²) in [6.07, 6.45) is 0. The second kappa shape index (κ2) is 8.61. The molecule has 0 unspecified atom stereocenters. The molecule has 0 saturated carbocycles. The Labute approximate surface area is 146 Å². The van der Waals surface area contributed by atoms with Crippen molar-refractivity contribution in [1.29, 1.82) is 0 Å². The first kappa shape index (κ1) is 18.2. The lowest BCUT2D eigenvalue weighted by molar-refractivity contribution is -0.120. The van der Waals surface area contributed by atoms with Crippen molar-refractivity contribution in [3.05, 3.63) is 57.8 Å². The Morgan fingerprint density at radius 2 is 1.79 bits per heavy atom. The highest BCUT2D eigenvalue weighted by Crippen LogP contribution is 2.16. The molecule has 0 saturated heterocycles. The summed E-state index contributed by atoms with van der Waals surface area (Å²) in [5, 5.41) is 5.53. The summed E-state index contributed by atoms with van der Waals surface area (Å²) in [6, 6.07) is 13.8. The van der Waals surface area contributed by atoms with Gasteiger partial charge in [-0.25, -0.2) is 0 Å². The van der Waals surface area contributed by atoms with Crippen LogP contribution in [-0.4, -0.2) is 43.9 Å². The lowest BCUT2D eigenvalue weighted by Crippen LogP contribution is -2.40. The van der Waals surface area contributed by atoms with Gasteiger partial charge in [-0.05, 0) is 38.7 Å². The van der Waals surface area contributed by atoms with Crippen LogP contribution in [0.25, 0.3) is 0 Å². The molecule has 24 heavy (non-hydrogen) atoms. The number of thiophene rings is 1. The normalized spacial score (nSPS) is 12.0. The third-order valence-electron chi connectivity index (χ3n) is 3.67. The van der Waals surface area contributed by atoms with Crippen molar-refractivity contribution >= 4 is 23.2 Å². The number of benzene rings is 1. The number of nitrogens with one attached hydrogen (secondary N) is 2. The lowest BCUT2D eigenvalue weighted by atomic mass is 10.1. The van der Waals surface area contributed by atoms with Crippen molar-refractivity contribution in [3.63, 3.8) is 0 Å². The maximum atomic E-state index is 12.0. The monoisotopic (exact) mass is 345 g/mol. The molecule has 2 N–H and O–H groups in total. The van der Waals surface area contributed by atoms with Gasteiger partial charge >= 0.3 is 0 Å². The molecule has 0 aliphatic heterocycles. The molecule has 0 radical (unpaired) electrons. The van der Waals surface area contributed by atoms with E-state index in [9.17, 15) is 9.59 Å². The highest BCUT2D eigenvalue weighted by atomic mass is 32.1. The van der Waals surface area contributed by atoms with Crippen LogP contribution in [0.4, 0.5) is 0 Å². The van der Waals surface area contributed by atoms with Gasteiger partial charge < -0.3 is 15.5 Å². The third-order valence-corrected chi connectivity index (χ3v) is 4.67. The molecule has 0 aliphatic rings. The number of rotatable bonds is 7. The van der Waals surface area contributed by atoms with Crippen LogP contribution in [0.1, 0.15) is 26.2 Å². The molecule has 2 rings (SSSR count). The van der Waals surface area contributed by atoms with Gasteiger partial charge in [0, 0.05) is 11.4 Å². The number of amides is 2. The van der Waals surface area contributed by atoms with Crippen LogP contribution in [-0.2, 0) is 4.79 Å². The van der Waals surface area contributed by atoms with Crippen LogP contribution in [0.5, 0.6) is 0 Å². The van der Waals surface area contributed by atoms with Gasteiger partial charge in [0.1, 0.15) is 0 Å². The van der Waals surface area contributed by atoms with E-state index in [1.54, 1.807) is 6.07 Å². The molecule has 0 spiro atoms. The fraction of sp³-hybridized carbons (Fsp3) is 0.333. The molecule has 1 atom stereocenters. The van der Waals surface area contributed by atoms with Gasteiger partial charge in [0.15, 0.2) is 0 Å². The van der Waals surface area contributed by atoms with Crippen molar-refractivity contribution in [2.75, 3.05) is 27.2 Å². The maximum Gasteiger partial charge on any atom is 0.261 e. The quantitative estimate of drug-likeness (QED) is 0.809. The molecule has 5 nitrogen and oxygen atoms in total. The Balaban J connectivity index is 1.82. The Bertz CT molecular complexity index is 683. The largest absolute Gasteiger partial charge is 0.353 e. The van der Waals surface area contributed by atoms with Gasteiger partial charge in [0.05, 0.1) is 17.5 Å². The summed E-state index contributed by atoms with van der Waals surface area (Å²) in [6.45, 7) is 2.41. The highest BCUT2D eigenvalue weighted by Gasteiger charge is 2.15. The molecule has 2 amide bonds. The first-order chi connectivity index (χ1) is 11.5. The molecular formula is C18H23N3O2S. The summed E-state index contributed by atoms with van der Waals surface area (Å²) >= 11 is 1.42. The van der Waals surface area contributed by atoms with E-state index in [-0.39, 0.29) is 24.4 Å². The molecule has 1 aromatic carbocycles. The third kappa shape index (κ3) is 5.18. The van der Waals surface area contributed by atoms with Gasteiger partial charge in [-0.2, -0.15) is 0 Å². The predicted molar refractivity (Wildman–Crippen MR) is 97.3 cm³/mol. The maximum absolute atomic E-state index is 12.0. The van der Waals surface area contributed by atoms with Crippen LogP contribution < -0.4 is 10.6 Å². The lowest BCUT2D eigenvalue weighted by Gasteiger charge is -2.25. The number of carbonyl (C=O) groups excluding carboxylic acids is 2. The van der Waals surface area contributed by atoms with Crippen molar-refractivity contribution in [1.82, 2.24) is 15.5 Å².